The lowest BCUT2D eigenvalue weighted by Crippen LogP contribution is -2.52. The molecule has 2 heterocycles. The van der Waals surface area contributed by atoms with Gasteiger partial charge in [-0.3, -0.25) is 24.5 Å². The number of thiophene rings is 1. The second-order valence-electron chi connectivity index (χ2n) is 6.37. The summed E-state index contributed by atoms with van der Waals surface area (Å²) < 4.78 is 0. The van der Waals surface area contributed by atoms with Crippen molar-refractivity contribution in [2.24, 2.45) is 0 Å². The van der Waals surface area contributed by atoms with Gasteiger partial charge in [-0.2, -0.15) is 0 Å². The molecule has 0 atom stereocenters. The Morgan fingerprint density at radius 1 is 1.07 bits per heavy atom. The van der Waals surface area contributed by atoms with Gasteiger partial charge in [-0.05, 0) is 24.3 Å². The summed E-state index contributed by atoms with van der Waals surface area (Å²) in [5.41, 5.74) is 0.217. The first-order valence-corrected chi connectivity index (χ1v) is 10.4. The monoisotopic (exact) mass is 470 g/mol. The minimum Gasteiger partial charge on any atom is -0.343 e. The number of nitrogens with zero attached hydrogens (tertiary/aromatic N) is 3. The molecule has 1 saturated heterocycles. The number of halogens is 2. The molecule has 3 rings (SSSR count). The van der Waals surface area contributed by atoms with Crippen LogP contribution in [0.3, 0.4) is 0 Å². The molecular weight excluding hydrogens is 455 g/mol. The van der Waals surface area contributed by atoms with Crippen molar-refractivity contribution in [3.8, 4) is 0 Å². The van der Waals surface area contributed by atoms with E-state index in [0.717, 1.165) is 11.3 Å². The smallest absolute Gasteiger partial charge is 0.324 e. The third kappa shape index (κ3) is 5.07. The Morgan fingerprint density at radius 2 is 1.73 bits per heavy atom. The van der Waals surface area contributed by atoms with Crippen LogP contribution >= 0.6 is 34.5 Å². The van der Waals surface area contributed by atoms with Gasteiger partial charge in [0.25, 0.3) is 11.8 Å². The number of nitrogens with one attached hydrogen (secondary N) is 1. The molecule has 30 heavy (non-hydrogen) atoms. The van der Waals surface area contributed by atoms with Crippen molar-refractivity contribution in [2.45, 2.75) is 0 Å². The molecule has 0 saturated carbocycles. The van der Waals surface area contributed by atoms with Gasteiger partial charge in [0.2, 0.25) is 5.91 Å². The minimum absolute atomic E-state index is 0.0938. The number of hydrogen-bond acceptors (Lipinski definition) is 6. The maximum Gasteiger partial charge on any atom is 0.324 e. The lowest BCUT2D eigenvalue weighted by Gasteiger charge is -2.34. The molecule has 1 aromatic heterocycles. The molecule has 0 radical (unpaired) electrons. The number of amides is 3. The fraction of sp³-hybridized carbons (Fsp3) is 0.278. The number of piperazine rings is 1. The summed E-state index contributed by atoms with van der Waals surface area (Å²) in [5, 5.41) is 13.8. The molecule has 1 aliphatic heterocycles. The zero-order valence-corrected chi connectivity index (χ0v) is 17.8. The van der Waals surface area contributed by atoms with Crippen LogP contribution in [-0.4, -0.2) is 65.2 Å². The third-order valence-electron chi connectivity index (χ3n) is 4.48. The van der Waals surface area contributed by atoms with Crippen LogP contribution in [-0.2, 0) is 4.79 Å². The van der Waals surface area contributed by atoms with Crippen molar-refractivity contribution < 1.29 is 19.3 Å². The molecule has 0 aliphatic carbocycles. The standard InChI is InChI=1S/C18H16Cl2N4O5S/c19-11-1-2-12(13(20)9-11)17(26)21-10-15(25)22-5-7-23(8-6-22)18(27)14-3-4-16(30-14)24(28)29/h1-4,9H,5-8,10H2,(H,21,26). The van der Waals surface area contributed by atoms with Crippen molar-refractivity contribution in [3.63, 3.8) is 0 Å². The molecule has 1 N–H and O–H groups in total. The highest BCUT2D eigenvalue weighted by Crippen LogP contribution is 2.25. The number of carbonyl (C=O) groups is 3. The van der Waals surface area contributed by atoms with E-state index >= 15 is 0 Å². The molecule has 1 aliphatic rings. The molecule has 12 heteroatoms. The van der Waals surface area contributed by atoms with Gasteiger partial charge in [-0.15, -0.1) is 0 Å². The van der Waals surface area contributed by atoms with E-state index in [-0.39, 0.29) is 38.8 Å². The molecule has 9 nitrogen and oxygen atoms in total. The van der Waals surface area contributed by atoms with E-state index in [1.165, 1.54) is 30.3 Å². The number of benzene rings is 1. The van der Waals surface area contributed by atoms with E-state index in [1.807, 2.05) is 0 Å². The normalized spacial score (nSPS) is 13.8. The van der Waals surface area contributed by atoms with Gasteiger partial charge in [-0.25, -0.2) is 0 Å². The maximum absolute atomic E-state index is 12.5. The van der Waals surface area contributed by atoms with Crippen molar-refractivity contribution >= 4 is 57.3 Å². The molecule has 0 unspecified atom stereocenters. The van der Waals surface area contributed by atoms with Crippen LogP contribution in [0.2, 0.25) is 10.0 Å². The van der Waals surface area contributed by atoms with E-state index in [0.29, 0.717) is 31.2 Å². The van der Waals surface area contributed by atoms with Crippen molar-refractivity contribution in [1.29, 1.82) is 0 Å². The second kappa shape index (κ2) is 9.41. The predicted octanol–water partition coefficient (Wildman–Crippen LogP) is 2.68. The van der Waals surface area contributed by atoms with E-state index in [9.17, 15) is 24.5 Å². The third-order valence-corrected chi connectivity index (χ3v) is 6.05. The SMILES string of the molecule is O=C(NCC(=O)N1CCN(C(=O)c2ccc([N+](=O)[O-])s2)CC1)c1ccc(Cl)cc1Cl. The first-order chi connectivity index (χ1) is 14.3. The average Bonchev–Trinajstić information content (AvgIpc) is 3.22. The highest BCUT2D eigenvalue weighted by molar-refractivity contribution is 7.17. The molecule has 1 fully saturated rings. The molecule has 2 aromatic rings. The quantitative estimate of drug-likeness (QED) is 0.532. The Morgan fingerprint density at radius 3 is 2.33 bits per heavy atom. The Hall–Kier alpha value is -2.69. The van der Waals surface area contributed by atoms with E-state index in [4.69, 9.17) is 23.2 Å². The van der Waals surface area contributed by atoms with Gasteiger partial charge in [-0.1, -0.05) is 34.5 Å². The zero-order chi connectivity index (χ0) is 21.8. The van der Waals surface area contributed by atoms with Crippen LogP contribution < -0.4 is 5.32 Å². The summed E-state index contributed by atoms with van der Waals surface area (Å²) in [6.45, 7) is 0.995. The zero-order valence-electron chi connectivity index (χ0n) is 15.5. The van der Waals surface area contributed by atoms with Gasteiger partial charge < -0.3 is 15.1 Å². The van der Waals surface area contributed by atoms with E-state index < -0.39 is 10.8 Å². The summed E-state index contributed by atoms with van der Waals surface area (Å²) in [6.07, 6.45) is 0. The Labute approximate surface area is 185 Å². The van der Waals surface area contributed by atoms with Crippen molar-refractivity contribution in [2.75, 3.05) is 32.7 Å². The second-order valence-corrected chi connectivity index (χ2v) is 8.28. The highest BCUT2D eigenvalue weighted by Gasteiger charge is 2.27. The first kappa shape index (κ1) is 22.0. The molecule has 3 amide bonds. The lowest BCUT2D eigenvalue weighted by molar-refractivity contribution is -0.380. The van der Waals surface area contributed by atoms with Gasteiger partial charge >= 0.3 is 5.00 Å². The van der Waals surface area contributed by atoms with Gasteiger partial charge in [0.05, 0.1) is 26.9 Å². The van der Waals surface area contributed by atoms with Gasteiger partial charge in [0, 0.05) is 37.3 Å². The summed E-state index contributed by atoms with van der Waals surface area (Å²) in [7, 11) is 0. The van der Waals surface area contributed by atoms with E-state index in [1.54, 1.807) is 9.80 Å². The van der Waals surface area contributed by atoms with Crippen LogP contribution in [0, 0.1) is 10.1 Å². The molecule has 1 aromatic carbocycles. The topological polar surface area (TPSA) is 113 Å². The summed E-state index contributed by atoms with van der Waals surface area (Å²) in [6, 6.07) is 7.18. The fourth-order valence-electron chi connectivity index (χ4n) is 2.89. The van der Waals surface area contributed by atoms with Crippen LogP contribution in [0.5, 0.6) is 0 Å². The van der Waals surface area contributed by atoms with E-state index in [2.05, 4.69) is 5.32 Å². The Kier molecular flexibility index (Phi) is 6.91. The summed E-state index contributed by atoms with van der Waals surface area (Å²) in [5.74, 6) is -1.07. The molecule has 158 valence electrons. The van der Waals surface area contributed by atoms with Gasteiger partial charge in [0.15, 0.2) is 0 Å². The van der Waals surface area contributed by atoms with Crippen molar-refractivity contribution in [3.05, 3.63) is 60.9 Å². The molecule has 0 bridgehead atoms. The van der Waals surface area contributed by atoms with Crippen LogP contribution in [0.4, 0.5) is 5.00 Å². The van der Waals surface area contributed by atoms with Crippen molar-refractivity contribution in [1.82, 2.24) is 15.1 Å². The summed E-state index contributed by atoms with van der Waals surface area (Å²) in [4.78, 5) is 50.7. The number of nitro groups is 1. The van der Waals surface area contributed by atoms with Crippen LogP contribution in [0.1, 0.15) is 20.0 Å². The lowest BCUT2D eigenvalue weighted by atomic mass is 10.2. The number of hydrogen-bond donors (Lipinski definition) is 1. The first-order valence-electron chi connectivity index (χ1n) is 8.81. The Balaban J connectivity index is 1.49. The minimum atomic E-state index is -0.538. The van der Waals surface area contributed by atoms with Gasteiger partial charge in [0.1, 0.15) is 0 Å². The summed E-state index contributed by atoms with van der Waals surface area (Å²) >= 11 is 12.6. The average molecular weight is 471 g/mol. The number of carbonyl (C=O) groups excluding carboxylic acids is 3. The fourth-order valence-corrected chi connectivity index (χ4v) is 4.17. The largest absolute Gasteiger partial charge is 0.343 e. The highest BCUT2D eigenvalue weighted by atomic mass is 35.5. The molecule has 0 spiro atoms. The predicted molar refractivity (Wildman–Crippen MR) is 112 cm³/mol. The molecular formula is C18H16Cl2N4O5S. The van der Waals surface area contributed by atoms with Crippen LogP contribution in [0.25, 0.3) is 0 Å². The van der Waals surface area contributed by atoms with Crippen LogP contribution in [0.15, 0.2) is 30.3 Å². The number of rotatable bonds is 5. The Bertz CT molecular complexity index is 1000. The maximum atomic E-state index is 12.5.